The van der Waals surface area contributed by atoms with Crippen LogP contribution in [-0.2, 0) is 21.0 Å². The number of allylic oxidation sites excluding steroid dienone is 1. The average molecular weight is 883 g/mol. The number of nitro groups is 1. The molecular formula is C48H58N4O12. The maximum absolute atomic E-state index is 14.1. The number of carbonyl (C=O) groups is 2. The Morgan fingerprint density at radius 1 is 1.00 bits per heavy atom. The molecule has 2 fully saturated rings. The minimum Gasteiger partial charge on any atom is -0.497 e. The lowest BCUT2D eigenvalue weighted by Gasteiger charge is -2.59. The van der Waals surface area contributed by atoms with Crippen LogP contribution in [0.15, 0.2) is 90.1 Å². The van der Waals surface area contributed by atoms with Crippen molar-refractivity contribution in [3.8, 4) is 23.0 Å². The van der Waals surface area contributed by atoms with Crippen molar-refractivity contribution >= 4 is 29.1 Å². The van der Waals surface area contributed by atoms with Gasteiger partial charge in [0.25, 0.3) is 5.69 Å². The number of likely N-dealkylation sites (N-methyl/N-ethyl adjacent to an activating group) is 1. The lowest BCUT2D eigenvalue weighted by atomic mass is 9.55. The number of carbonyl (C=O) groups excluding carboxylic acids is 2. The molecule has 16 nitrogen and oxygen atoms in total. The molecule has 2 amide bonds. The van der Waals surface area contributed by atoms with Crippen molar-refractivity contribution in [1.82, 2.24) is 4.90 Å². The zero-order valence-corrected chi connectivity index (χ0v) is 36.6. The van der Waals surface area contributed by atoms with E-state index >= 15 is 0 Å². The molecule has 7 rings (SSSR count). The Morgan fingerprint density at radius 3 is 2.41 bits per heavy atom. The van der Waals surface area contributed by atoms with E-state index in [1.54, 1.807) is 60.5 Å². The fourth-order valence-corrected chi connectivity index (χ4v) is 9.61. The number of nitrogens with one attached hydrogen (secondary N) is 1. The maximum atomic E-state index is 14.1. The molecule has 1 heterocycles. The number of unbranched alkanes of at least 4 members (excludes halogenated alkanes) is 2. The zero-order chi connectivity index (χ0) is 45.4. The van der Waals surface area contributed by atoms with Crippen LogP contribution in [0, 0.1) is 33.8 Å². The van der Waals surface area contributed by atoms with E-state index < -0.39 is 28.8 Å². The van der Waals surface area contributed by atoms with E-state index in [4.69, 9.17) is 33.7 Å². The van der Waals surface area contributed by atoms with Gasteiger partial charge in [0.2, 0.25) is 11.7 Å². The van der Waals surface area contributed by atoms with Crippen molar-refractivity contribution in [1.29, 1.82) is 0 Å². The Hall–Kier alpha value is -5.97. The summed E-state index contributed by atoms with van der Waals surface area (Å²) in [5.41, 5.74) is 3.28. The van der Waals surface area contributed by atoms with E-state index in [2.05, 4.69) is 18.0 Å². The number of aliphatic hydroxyl groups is 2. The standard InChI is InChI=1S/C48H58N4O12/c1-5-24-61-48-43(51(2)46(55)31-14-15-31)28-40(50-62-29-30-12-16-33(17-13-30)52(57)58)37-25-32(10-6-8-22-53)36(11-7-9-23-54)44(45(37)48)38-26-35(19-21-41(38)64-48)63-47(56)49-39-20-18-34(59-3)27-42(39)60-4/h5,12-13,16-21,25-27,31-32,36,43-45,53-54H,1,6-11,14-15,22-24,28-29H2,2-4H3,(H,49,56)/t32-,36+,43-,44+,45+,48+/m0/s1. The van der Waals surface area contributed by atoms with Gasteiger partial charge in [-0.25, -0.2) is 4.79 Å². The highest BCUT2D eigenvalue weighted by molar-refractivity contribution is 6.03. The number of non-ortho nitro benzene ring substituents is 1. The first kappa shape index (κ1) is 46.0. The summed E-state index contributed by atoms with van der Waals surface area (Å²) in [7, 11) is 4.82. The normalized spacial score (nSPS) is 23.7. The fourth-order valence-electron chi connectivity index (χ4n) is 9.61. The number of benzene rings is 3. The average Bonchev–Trinajstić information content (AvgIpc) is 4.16. The summed E-state index contributed by atoms with van der Waals surface area (Å²) in [5.74, 6) is -0.804. The first-order valence-electron chi connectivity index (χ1n) is 22.0. The molecule has 3 aliphatic carbocycles. The van der Waals surface area contributed by atoms with E-state index in [9.17, 15) is 29.9 Å². The molecular weight excluding hydrogens is 825 g/mol. The Morgan fingerprint density at radius 2 is 1.73 bits per heavy atom. The molecule has 3 aromatic rings. The first-order valence-corrected chi connectivity index (χ1v) is 22.0. The molecule has 0 saturated heterocycles. The first-order chi connectivity index (χ1) is 31.0. The fraction of sp³-hybridized carbons (Fsp3) is 0.479. The molecule has 342 valence electrons. The van der Waals surface area contributed by atoms with Crippen molar-refractivity contribution in [3.05, 3.63) is 106 Å². The summed E-state index contributed by atoms with van der Waals surface area (Å²) >= 11 is 0. The van der Waals surface area contributed by atoms with Gasteiger partial charge in [-0.05, 0) is 104 Å². The highest BCUT2D eigenvalue weighted by Gasteiger charge is 2.65. The molecule has 0 aromatic heterocycles. The van der Waals surface area contributed by atoms with Crippen LogP contribution in [0.25, 0.3) is 0 Å². The van der Waals surface area contributed by atoms with E-state index in [1.807, 2.05) is 6.07 Å². The van der Waals surface area contributed by atoms with Crippen molar-refractivity contribution in [3.63, 3.8) is 0 Å². The molecule has 3 aromatic carbocycles. The summed E-state index contributed by atoms with van der Waals surface area (Å²) < 4.78 is 30.9. The zero-order valence-electron chi connectivity index (χ0n) is 36.6. The molecule has 16 heteroatoms. The largest absolute Gasteiger partial charge is 0.497 e. The van der Waals surface area contributed by atoms with E-state index in [0.29, 0.717) is 47.1 Å². The number of nitrogens with zero attached hydrogens (tertiary/aromatic N) is 3. The van der Waals surface area contributed by atoms with Gasteiger partial charge in [-0.3, -0.25) is 20.2 Å². The van der Waals surface area contributed by atoms with Gasteiger partial charge >= 0.3 is 6.09 Å². The van der Waals surface area contributed by atoms with Gasteiger partial charge in [0.05, 0.1) is 43.1 Å². The minimum atomic E-state index is -1.43. The number of hydrogen-bond acceptors (Lipinski definition) is 13. The van der Waals surface area contributed by atoms with Crippen molar-refractivity contribution in [2.75, 3.05) is 46.4 Å². The van der Waals surface area contributed by atoms with Crippen molar-refractivity contribution in [2.45, 2.75) is 82.1 Å². The van der Waals surface area contributed by atoms with Gasteiger partial charge in [-0.2, -0.15) is 0 Å². The third-order valence-electron chi connectivity index (χ3n) is 12.8. The summed E-state index contributed by atoms with van der Waals surface area (Å²) in [5, 5.41) is 38.7. The number of hydrogen-bond donors (Lipinski definition) is 3. The summed E-state index contributed by atoms with van der Waals surface area (Å²) in [6, 6.07) is 15.7. The van der Waals surface area contributed by atoms with Crippen LogP contribution < -0.4 is 24.3 Å². The molecule has 0 radical (unpaired) electrons. The third-order valence-corrected chi connectivity index (χ3v) is 12.8. The molecule has 1 aliphatic heterocycles. The van der Waals surface area contributed by atoms with Crippen LogP contribution in [0.4, 0.5) is 16.2 Å². The number of amides is 2. The second kappa shape index (κ2) is 20.7. The van der Waals surface area contributed by atoms with Crippen molar-refractivity contribution in [2.24, 2.45) is 28.8 Å². The molecule has 4 aliphatic rings. The number of nitro benzene ring substituents is 1. The Bertz CT molecular complexity index is 2230. The maximum Gasteiger partial charge on any atom is 0.417 e. The second-order valence-corrected chi connectivity index (χ2v) is 16.8. The second-order valence-electron chi connectivity index (χ2n) is 16.8. The summed E-state index contributed by atoms with van der Waals surface area (Å²) in [6.07, 6.45) is 9.13. The highest BCUT2D eigenvalue weighted by atomic mass is 16.7. The minimum absolute atomic E-state index is 0.0171. The van der Waals surface area contributed by atoms with Crippen LogP contribution in [0.3, 0.4) is 0 Å². The number of oxime groups is 1. The molecule has 0 bridgehead atoms. The van der Waals surface area contributed by atoms with Gasteiger partial charge in [-0.15, -0.1) is 6.58 Å². The van der Waals surface area contributed by atoms with E-state index in [1.165, 1.54) is 26.4 Å². The molecule has 64 heavy (non-hydrogen) atoms. The number of ether oxygens (including phenoxy) is 5. The molecule has 0 spiro atoms. The lowest BCUT2D eigenvalue weighted by molar-refractivity contribution is -0.384. The van der Waals surface area contributed by atoms with Gasteiger partial charge in [-0.1, -0.05) is 30.1 Å². The monoisotopic (exact) mass is 882 g/mol. The lowest BCUT2D eigenvalue weighted by Crippen LogP contribution is -2.69. The highest BCUT2D eigenvalue weighted by Crippen LogP contribution is 2.62. The predicted molar refractivity (Wildman–Crippen MR) is 238 cm³/mol. The smallest absolute Gasteiger partial charge is 0.417 e. The quantitative estimate of drug-likeness (QED) is 0.0405. The molecule has 6 atom stereocenters. The summed E-state index contributed by atoms with van der Waals surface area (Å²) in [4.78, 5) is 46.3. The Balaban J connectivity index is 1.34. The van der Waals surface area contributed by atoms with E-state index in [-0.39, 0.29) is 73.9 Å². The number of aliphatic hydroxyl groups excluding tert-OH is 2. The van der Waals surface area contributed by atoms with Crippen LogP contribution in [0.1, 0.15) is 74.8 Å². The van der Waals surface area contributed by atoms with Gasteiger partial charge in [0, 0.05) is 62.3 Å². The predicted octanol–water partition coefficient (Wildman–Crippen LogP) is 7.93. The van der Waals surface area contributed by atoms with Gasteiger partial charge in [0.15, 0.2) is 0 Å². The number of methoxy groups -OCH3 is 2. The SMILES string of the molecule is C=CCO[C@@]12Oc3ccc(OC(=O)Nc4ccc(OC)cc4OC)cc3[C@H]3[C@H](CCCCO)[C@@H](CCCCO)C=C(C(=NOCc4ccc([N+](=O)[O-])cc4)C[C@@H]1N(C)C(=O)C1CC1)[C@H]32. The van der Waals surface area contributed by atoms with Crippen LogP contribution in [0.2, 0.25) is 0 Å². The van der Waals surface area contributed by atoms with E-state index in [0.717, 1.165) is 49.7 Å². The third kappa shape index (κ3) is 9.88. The number of anilines is 1. The molecule has 3 N–H and O–H groups in total. The molecule has 0 unspecified atom stereocenters. The number of fused-ring (bicyclic) bond motifs is 2. The van der Waals surface area contributed by atoms with Gasteiger partial charge in [0.1, 0.15) is 35.6 Å². The Kier molecular flexibility index (Phi) is 14.9. The topological polar surface area (TPSA) is 201 Å². The van der Waals surface area contributed by atoms with Crippen LogP contribution >= 0.6 is 0 Å². The van der Waals surface area contributed by atoms with Crippen molar-refractivity contribution < 1.29 is 53.2 Å². The number of rotatable bonds is 21. The van der Waals surface area contributed by atoms with Gasteiger partial charge < -0.3 is 43.6 Å². The van der Waals surface area contributed by atoms with Crippen LogP contribution in [-0.4, -0.2) is 90.7 Å². The van der Waals surface area contributed by atoms with Crippen LogP contribution in [0.5, 0.6) is 23.0 Å². The molecule has 2 saturated carbocycles. The Labute approximate surface area is 372 Å². The summed E-state index contributed by atoms with van der Waals surface area (Å²) in [6.45, 7) is 4.22.